The zero-order chi connectivity index (χ0) is 26.0. The number of anilines is 1. The molecule has 0 saturated carbocycles. The standard InChI is InChI=1S/C27H25ClF3NO4/c1-3-7-17-18-8-5-6-9-19(18)25(36-15-27(29,30)31)24-20(17)14-32(26(24)34)22-11-10-16(12-21(22)28)13-23(33)35-4-2/h5-6,8-12H,3-4,7,13-15H2,1-2H3. The summed E-state index contributed by atoms with van der Waals surface area (Å²) in [5, 5.41) is 1.48. The van der Waals surface area contributed by atoms with Crippen LogP contribution in [0.2, 0.25) is 5.02 Å². The van der Waals surface area contributed by atoms with E-state index in [1.165, 1.54) is 4.90 Å². The molecule has 1 amide bonds. The van der Waals surface area contributed by atoms with E-state index in [9.17, 15) is 22.8 Å². The maximum Gasteiger partial charge on any atom is 0.422 e. The molecule has 1 aliphatic rings. The molecule has 0 aromatic heterocycles. The number of amides is 1. The molecule has 0 atom stereocenters. The van der Waals surface area contributed by atoms with Crippen molar-refractivity contribution in [1.82, 2.24) is 0 Å². The van der Waals surface area contributed by atoms with Crippen LogP contribution >= 0.6 is 11.6 Å². The third kappa shape index (κ3) is 5.14. The highest BCUT2D eigenvalue weighted by Crippen LogP contribution is 2.44. The van der Waals surface area contributed by atoms with E-state index in [2.05, 4.69) is 0 Å². The topological polar surface area (TPSA) is 55.8 Å². The van der Waals surface area contributed by atoms with Crippen LogP contribution in [-0.2, 0) is 28.9 Å². The van der Waals surface area contributed by atoms with Crippen molar-refractivity contribution < 1.29 is 32.2 Å². The highest BCUT2D eigenvalue weighted by Gasteiger charge is 2.38. The number of carbonyl (C=O) groups is 2. The number of halogens is 4. The van der Waals surface area contributed by atoms with Crippen molar-refractivity contribution >= 4 is 39.9 Å². The molecule has 0 fully saturated rings. The van der Waals surface area contributed by atoms with E-state index in [1.807, 2.05) is 19.1 Å². The van der Waals surface area contributed by atoms with Gasteiger partial charge in [0.15, 0.2) is 6.61 Å². The minimum atomic E-state index is -4.56. The Labute approximate surface area is 211 Å². The molecule has 9 heteroatoms. The molecule has 0 radical (unpaired) electrons. The third-order valence-electron chi connectivity index (χ3n) is 6.00. The molecule has 36 heavy (non-hydrogen) atoms. The van der Waals surface area contributed by atoms with Gasteiger partial charge < -0.3 is 14.4 Å². The van der Waals surface area contributed by atoms with Gasteiger partial charge in [-0.1, -0.05) is 55.3 Å². The number of fused-ring (bicyclic) bond motifs is 2. The fraction of sp³-hybridized carbons (Fsp3) is 0.333. The largest absolute Gasteiger partial charge is 0.483 e. The monoisotopic (exact) mass is 519 g/mol. The number of hydrogen-bond acceptors (Lipinski definition) is 4. The summed E-state index contributed by atoms with van der Waals surface area (Å²) < 4.78 is 49.5. The van der Waals surface area contributed by atoms with Gasteiger partial charge in [-0.2, -0.15) is 13.2 Å². The first-order chi connectivity index (χ1) is 17.1. The molecule has 0 aliphatic carbocycles. The molecular formula is C27H25ClF3NO4. The Kier molecular flexibility index (Phi) is 7.45. The van der Waals surface area contributed by atoms with Crippen LogP contribution in [0.1, 0.15) is 47.3 Å². The predicted molar refractivity (Wildman–Crippen MR) is 132 cm³/mol. The second-order valence-electron chi connectivity index (χ2n) is 8.52. The zero-order valence-electron chi connectivity index (χ0n) is 19.9. The van der Waals surface area contributed by atoms with Crippen LogP contribution < -0.4 is 9.64 Å². The Hall–Kier alpha value is -3.26. The quantitative estimate of drug-likeness (QED) is 0.313. The van der Waals surface area contributed by atoms with Gasteiger partial charge in [-0.05, 0) is 47.6 Å². The summed E-state index contributed by atoms with van der Waals surface area (Å²) in [4.78, 5) is 26.9. The molecule has 4 rings (SSSR count). The predicted octanol–water partition coefficient (Wildman–Crippen LogP) is 6.65. The summed E-state index contributed by atoms with van der Waals surface area (Å²) in [5.41, 5.74) is 2.71. The number of rotatable bonds is 8. The summed E-state index contributed by atoms with van der Waals surface area (Å²) in [6.45, 7) is 2.62. The van der Waals surface area contributed by atoms with Crippen molar-refractivity contribution in [3.63, 3.8) is 0 Å². The number of nitrogens with zero attached hydrogens (tertiary/aromatic N) is 1. The van der Waals surface area contributed by atoms with Crippen molar-refractivity contribution in [2.45, 2.75) is 45.8 Å². The lowest BCUT2D eigenvalue weighted by atomic mass is 9.91. The molecule has 1 heterocycles. The summed E-state index contributed by atoms with van der Waals surface area (Å²) in [5.74, 6) is -0.945. The average Bonchev–Trinajstić information content (AvgIpc) is 3.15. The Morgan fingerprint density at radius 3 is 2.47 bits per heavy atom. The summed E-state index contributed by atoms with van der Waals surface area (Å²) >= 11 is 6.52. The van der Waals surface area contributed by atoms with E-state index in [1.54, 1.807) is 37.3 Å². The molecule has 0 unspecified atom stereocenters. The van der Waals surface area contributed by atoms with Crippen molar-refractivity contribution in [3.8, 4) is 5.75 Å². The highest BCUT2D eigenvalue weighted by molar-refractivity contribution is 6.34. The molecule has 5 nitrogen and oxygen atoms in total. The van der Waals surface area contributed by atoms with Gasteiger partial charge >= 0.3 is 12.1 Å². The van der Waals surface area contributed by atoms with Crippen molar-refractivity contribution in [3.05, 3.63) is 69.7 Å². The minimum absolute atomic E-state index is 0.0312. The highest BCUT2D eigenvalue weighted by atomic mass is 35.5. The van der Waals surface area contributed by atoms with Gasteiger partial charge in [0, 0.05) is 5.39 Å². The molecule has 0 saturated heterocycles. The Morgan fingerprint density at radius 1 is 1.11 bits per heavy atom. The summed E-state index contributed by atoms with van der Waals surface area (Å²) in [7, 11) is 0. The second kappa shape index (κ2) is 10.4. The number of alkyl halides is 3. The first-order valence-electron chi connectivity index (χ1n) is 11.7. The molecule has 190 valence electrons. The van der Waals surface area contributed by atoms with Gasteiger partial charge in [-0.3, -0.25) is 9.59 Å². The first kappa shape index (κ1) is 25.8. The van der Waals surface area contributed by atoms with Crippen LogP contribution in [0.25, 0.3) is 10.8 Å². The lowest BCUT2D eigenvalue weighted by Crippen LogP contribution is -2.24. The SMILES string of the molecule is CCCc1c2c(c(OCC(F)(F)F)c3ccccc13)C(=O)N(c1ccc(CC(=O)OCC)cc1Cl)C2. The normalized spacial score (nSPS) is 13.3. The van der Waals surface area contributed by atoms with Gasteiger partial charge in [0.1, 0.15) is 5.75 Å². The van der Waals surface area contributed by atoms with Gasteiger partial charge in [-0.15, -0.1) is 0 Å². The fourth-order valence-electron chi connectivity index (χ4n) is 4.59. The second-order valence-corrected chi connectivity index (χ2v) is 8.93. The molecule has 0 N–H and O–H groups in total. The molecule has 0 bridgehead atoms. The molecule has 0 spiro atoms. The van der Waals surface area contributed by atoms with E-state index < -0.39 is 24.7 Å². The molecule has 3 aromatic carbocycles. The number of carbonyl (C=O) groups excluding carboxylic acids is 2. The number of benzene rings is 3. The number of aryl methyl sites for hydroxylation is 1. The van der Waals surface area contributed by atoms with E-state index in [4.69, 9.17) is 21.1 Å². The van der Waals surface area contributed by atoms with Crippen LogP contribution in [0.5, 0.6) is 5.75 Å². The van der Waals surface area contributed by atoms with Gasteiger partial charge in [0.25, 0.3) is 5.91 Å². The first-order valence-corrected chi connectivity index (χ1v) is 12.0. The van der Waals surface area contributed by atoms with E-state index in [0.29, 0.717) is 28.6 Å². The van der Waals surface area contributed by atoms with Crippen molar-refractivity contribution in [1.29, 1.82) is 0 Å². The van der Waals surface area contributed by atoms with Crippen molar-refractivity contribution in [2.75, 3.05) is 18.1 Å². The lowest BCUT2D eigenvalue weighted by Gasteiger charge is -2.18. The average molecular weight is 520 g/mol. The Bertz CT molecular complexity index is 1320. The number of esters is 1. The molecular weight excluding hydrogens is 495 g/mol. The molecule has 1 aliphatic heterocycles. The Morgan fingerprint density at radius 2 is 1.83 bits per heavy atom. The maximum atomic E-state index is 13.7. The maximum absolute atomic E-state index is 13.7. The van der Waals surface area contributed by atoms with Gasteiger partial charge in [-0.25, -0.2) is 0 Å². The van der Waals surface area contributed by atoms with Crippen LogP contribution in [0.4, 0.5) is 18.9 Å². The fourth-order valence-corrected chi connectivity index (χ4v) is 4.89. The summed E-state index contributed by atoms with van der Waals surface area (Å²) in [6, 6.07) is 11.9. The number of hydrogen-bond donors (Lipinski definition) is 0. The van der Waals surface area contributed by atoms with Gasteiger partial charge in [0.05, 0.1) is 35.8 Å². The van der Waals surface area contributed by atoms with Crippen LogP contribution in [0.15, 0.2) is 42.5 Å². The smallest absolute Gasteiger partial charge is 0.422 e. The lowest BCUT2D eigenvalue weighted by molar-refractivity contribution is -0.153. The summed E-state index contributed by atoms with van der Waals surface area (Å²) in [6.07, 6.45) is -3.09. The molecule has 3 aromatic rings. The van der Waals surface area contributed by atoms with Crippen molar-refractivity contribution in [2.24, 2.45) is 0 Å². The van der Waals surface area contributed by atoms with E-state index in [-0.39, 0.29) is 35.9 Å². The van der Waals surface area contributed by atoms with Crippen LogP contribution in [0.3, 0.4) is 0 Å². The van der Waals surface area contributed by atoms with E-state index in [0.717, 1.165) is 17.4 Å². The van der Waals surface area contributed by atoms with Crippen LogP contribution in [0, 0.1) is 0 Å². The van der Waals surface area contributed by atoms with E-state index >= 15 is 0 Å². The minimum Gasteiger partial charge on any atom is -0.483 e. The zero-order valence-corrected chi connectivity index (χ0v) is 20.6. The van der Waals surface area contributed by atoms with Gasteiger partial charge in [0.2, 0.25) is 0 Å². The Balaban J connectivity index is 1.79. The number of ether oxygens (including phenoxy) is 2. The van der Waals surface area contributed by atoms with Crippen LogP contribution in [-0.4, -0.2) is 31.3 Å². The third-order valence-corrected chi connectivity index (χ3v) is 6.30.